The monoisotopic (exact) mass is 916 g/mol. The van der Waals surface area contributed by atoms with Gasteiger partial charge in [-0.05, 0) is 113 Å². The smallest absolute Gasteiger partial charge is 0.160 e. The first kappa shape index (κ1) is 42.0. The molecule has 0 amide bonds. The summed E-state index contributed by atoms with van der Waals surface area (Å²) in [6.07, 6.45) is 0. The van der Waals surface area contributed by atoms with Crippen molar-refractivity contribution in [1.29, 1.82) is 10.5 Å². The molecular weight excluding hydrogens is 877 g/mol. The third-order valence-corrected chi connectivity index (χ3v) is 13.8. The Balaban J connectivity index is 1.11. The average molecular weight is 917 g/mol. The van der Waals surface area contributed by atoms with Crippen LogP contribution >= 0.6 is 0 Å². The minimum atomic E-state index is 0.607. The summed E-state index contributed by atoms with van der Waals surface area (Å²) < 4.78 is 4.78. The summed E-state index contributed by atoms with van der Waals surface area (Å²) in [5, 5.41) is 24.2. The number of nitriles is 2. The maximum atomic E-state index is 9.87. The lowest BCUT2D eigenvalue weighted by Crippen LogP contribution is -2.03. The van der Waals surface area contributed by atoms with Crippen molar-refractivity contribution in [3.63, 3.8) is 0 Å². The summed E-state index contributed by atoms with van der Waals surface area (Å²) in [6, 6.07) is 88.7. The van der Waals surface area contributed by atoms with Crippen LogP contribution in [-0.2, 0) is 0 Å². The van der Waals surface area contributed by atoms with Crippen LogP contribution in [0.1, 0.15) is 11.1 Å². The molecule has 0 aliphatic heterocycles. The van der Waals surface area contributed by atoms with Crippen molar-refractivity contribution in [3.8, 4) is 90.8 Å². The molecule has 0 saturated heterocycles. The lowest BCUT2D eigenvalue weighted by Gasteiger charge is -2.20. The predicted octanol–water partition coefficient (Wildman–Crippen LogP) is 16.4. The molecular formula is C66H40N6. The van der Waals surface area contributed by atoms with E-state index in [4.69, 9.17) is 9.97 Å². The predicted molar refractivity (Wildman–Crippen MR) is 293 cm³/mol. The van der Waals surface area contributed by atoms with Gasteiger partial charge in [0.05, 0.1) is 68.1 Å². The molecule has 0 N–H and O–H groups in total. The van der Waals surface area contributed by atoms with Crippen LogP contribution in [0.5, 0.6) is 0 Å². The maximum absolute atomic E-state index is 9.87. The van der Waals surface area contributed by atoms with Crippen molar-refractivity contribution in [2.75, 3.05) is 0 Å². The fraction of sp³-hybridized carbons (Fsp3) is 0. The van der Waals surface area contributed by atoms with Gasteiger partial charge in [-0.3, -0.25) is 0 Å². The molecule has 334 valence electrons. The van der Waals surface area contributed by atoms with E-state index in [1.54, 1.807) is 0 Å². The van der Waals surface area contributed by atoms with E-state index in [0.717, 1.165) is 106 Å². The number of aromatic nitrogens is 4. The van der Waals surface area contributed by atoms with Gasteiger partial charge in [-0.1, -0.05) is 152 Å². The Labute approximate surface area is 415 Å². The van der Waals surface area contributed by atoms with Crippen LogP contribution in [0.2, 0.25) is 0 Å². The van der Waals surface area contributed by atoms with Gasteiger partial charge in [0, 0.05) is 49.4 Å². The van der Waals surface area contributed by atoms with Crippen molar-refractivity contribution in [2.24, 2.45) is 0 Å². The molecule has 0 unspecified atom stereocenters. The Morgan fingerprint density at radius 2 is 0.722 bits per heavy atom. The van der Waals surface area contributed by atoms with Crippen molar-refractivity contribution in [3.05, 3.63) is 254 Å². The Hall–Kier alpha value is -10.1. The van der Waals surface area contributed by atoms with E-state index in [1.165, 1.54) is 10.8 Å². The molecule has 6 nitrogen and oxygen atoms in total. The van der Waals surface area contributed by atoms with Gasteiger partial charge in [-0.25, -0.2) is 9.97 Å². The summed E-state index contributed by atoms with van der Waals surface area (Å²) in [5.74, 6) is 0.619. The van der Waals surface area contributed by atoms with Crippen LogP contribution in [0.15, 0.2) is 243 Å². The van der Waals surface area contributed by atoms with Gasteiger partial charge in [-0.2, -0.15) is 10.5 Å². The number of rotatable bonds is 8. The molecule has 0 aliphatic carbocycles. The zero-order valence-corrected chi connectivity index (χ0v) is 38.8. The lowest BCUT2D eigenvalue weighted by molar-refractivity contribution is 1.15. The van der Waals surface area contributed by atoms with Crippen LogP contribution < -0.4 is 0 Å². The van der Waals surface area contributed by atoms with Crippen LogP contribution in [0.25, 0.3) is 122 Å². The molecule has 0 aliphatic rings. The second-order valence-electron chi connectivity index (χ2n) is 18.0. The first-order valence-electron chi connectivity index (χ1n) is 23.9. The van der Waals surface area contributed by atoms with Gasteiger partial charge in [-0.15, -0.1) is 0 Å². The summed E-state index contributed by atoms with van der Waals surface area (Å²) in [4.78, 5) is 10.6. The number of fused-ring (bicyclic) bond motifs is 6. The molecule has 0 atom stereocenters. The number of hydrogen-bond acceptors (Lipinski definition) is 4. The molecule has 0 bridgehead atoms. The van der Waals surface area contributed by atoms with E-state index in [1.807, 2.05) is 72.8 Å². The first-order valence-corrected chi connectivity index (χ1v) is 23.9. The van der Waals surface area contributed by atoms with Crippen LogP contribution in [0.4, 0.5) is 0 Å². The highest BCUT2D eigenvalue weighted by atomic mass is 15.0. The van der Waals surface area contributed by atoms with E-state index in [-0.39, 0.29) is 0 Å². The van der Waals surface area contributed by atoms with E-state index in [0.29, 0.717) is 17.0 Å². The minimum Gasteiger partial charge on any atom is -0.309 e. The molecule has 13 aromatic rings. The third kappa shape index (κ3) is 7.19. The van der Waals surface area contributed by atoms with Crippen LogP contribution in [0, 0.1) is 22.7 Å². The second kappa shape index (κ2) is 17.4. The van der Waals surface area contributed by atoms with Crippen molar-refractivity contribution in [1.82, 2.24) is 19.1 Å². The Bertz CT molecular complexity index is 4130. The van der Waals surface area contributed by atoms with Gasteiger partial charge in [0.1, 0.15) is 0 Å². The van der Waals surface area contributed by atoms with Gasteiger partial charge in [0.15, 0.2) is 5.82 Å². The second-order valence-corrected chi connectivity index (χ2v) is 18.0. The quantitative estimate of drug-likeness (QED) is 0.152. The number of hydrogen-bond donors (Lipinski definition) is 0. The molecule has 0 saturated carbocycles. The molecule has 10 aromatic carbocycles. The SMILES string of the molecule is N#Cc1cccc(-c2ccc3c(c2)c2cc(-c4cccc(C#N)c4)ccc2n3-c2ccc(-c3nc(-c4ccccc4)cc(-c4ccccc4)n3)cc2-c2ccccc2-n2c3ccccc3c3ccccc32)c1. The minimum absolute atomic E-state index is 0.607. The average Bonchev–Trinajstić information content (AvgIpc) is 3.97. The van der Waals surface area contributed by atoms with Gasteiger partial charge >= 0.3 is 0 Å². The van der Waals surface area contributed by atoms with Crippen LogP contribution in [-0.4, -0.2) is 19.1 Å². The largest absolute Gasteiger partial charge is 0.309 e. The number of benzene rings is 10. The highest BCUT2D eigenvalue weighted by Gasteiger charge is 2.23. The van der Waals surface area contributed by atoms with E-state index in [2.05, 4.69) is 191 Å². The standard InChI is InChI=1S/C66H40N6/c67-41-43-15-13-21-47(35-43)49-29-32-64-56(37-49)57-38-50(48-22-14-16-44(36-48)42-68)30-33-65(57)72(64)63-34-31-51(66-69-58(45-17-3-1-4-18-45)40-59(70-66)46-19-5-2-6-20-46)39-55(63)54-25-9-12-28-62(54)71-60-26-10-7-23-52(60)53-24-8-11-27-61(53)71/h1-40H. The molecule has 0 radical (unpaired) electrons. The summed E-state index contributed by atoms with van der Waals surface area (Å²) in [5.41, 5.74) is 18.1. The molecule has 3 heterocycles. The van der Waals surface area contributed by atoms with E-state index >= 15 is 0 Å². The fourth-order valence-corrected chi connectivity index (χ4v) is 10.4. The molecule has 72 heavy (non-hydrogen) atoms. The van der Waals surface area contributed by atoms with Gasteiger partial charge in [0.25, 0.3) is 0 Å². The van der Waals surface area contributed by atoms with E-state index in [9.17, 15) is 10.5 Å². The van der Waals surface area contributed by atoms with Crippen molar-refractivity contribution < 1.29 is 0 Å². The fourth-order valence-electron chi connectivity index (χ4n) is 10.4. The Morgan fingerprint density at radius 3 is 1.26 bits per heavy atom. The Kier molecular flexibility index (Phi) is 10.2. The number of para-hydroxylation sites is 3. The van der Waals surface area contributed by atoms with Gasteiger partial charge in [0.2, 0.25) is 0 Å². The molecule has 6 heteroatoms. The van der Waals surface area contributed by atoms with Gasteiger partial charge < -0.3 is 9.13 Å². The molecule has 13 rings (SSSR count). The topological polar surface area (TPSA) is 83.2 Å². The number of nitrogens with zero attached hydrogens (tertiary/aromatic N) is 6. The Morgan fingerprint density at radius 1 is 0.292 bits per heavy atom. The van der Waals surface area contributed by atoms with Crippen LogP contribution in [0.3, 0.4) is 0 Å². The van der Waals surface area contributed by atoms with Crippen molar-refractivity contribution >= 4 is 43.6 Å². The molecule has 0 spiro atoms. The first-order chi connectivity index (χ1) is 35.6. The molecule has 0 fully saturated rings. The zero-order valence-electron chi connectivity index (χ0n) is 38.8. The van der Waals surface area contributed by atoms with Crippen molar-refractivity contribution in [2.45, 2.75) is 0 Å². The lowest BCUT2D eigenvalue weighted by atomic mass is 9.97. The third-order valence-electron chi connectivity index (χ3n) is 13.8. The highest BCUT2D eigenvalue weighted by Crippen LogP contribution is 2.44. The van der Waals surface area contributed by atoms with E-state index < -0.39 is 0 Å². The molecule has 3 aromatic heterocycles. The highest BCUT2D eigenvalue weighted by molar-refractivity contribution is 6.13. The normalized spacial score (nSPS) is 11.3. The summed E-state index contributed by atoms with van der Waals surface area (Å²) >= 11 is 0. The summed E-state index contributed by atoms with van der Waals surface area (Å²) in [7, 11) is 0. The maximum Gasteiger partial charge on any atom is 0.160 e. The zero-order chi connectivity index (χ0) is 48.1. The summed E-state index contributed by atoms with van der Waals surface area (Å²) in [6.45, 7) is 0.